The van der Waals surface area contributed by atoms with Crippen molar-refractivity contribution in [3.63, 3.8) is 0 Å². The number of nitrogens with zero attached hydrogens (tertiary/aromatic N) is 4. The van der Waals surface area contributed by atoms with Crippen molar-refractivity contribution in [2.75, 3.05) is 6.54 Å². The van der Waals surface area contributed by atoms with Gasteiger partial charge in [0.05, 0.1) is 28.8 Å². The van der Waals surface area contributed by atoms with Gasteiger partial charge in [0.2, 0.25) is 5.91 Å². The topological polar surface area (TPSA) is 83.9 Å². The number of H-pyrrole nitrogens is 1. The van der Waals surface area contributed by atoms with Gasteiger partial charge in [0.15, 0.2) is 0 Å². The number of nitrogens with one attached hydrogen (secondary N) is 1. The van der Waals surface area contributed by atoms with Crippen LogP contribution in [0.5, 0.6) is 0 Å². The van der Waals surface area contributed by atoms with E-state index in [0.717, 1.165) is 45.7 Å². The fourth-order valence-corrected chi connectivity index (χ4v) is 5.99. The Kier molecular flexibility index (Phi) is 5.68. The highest BCUT2D eigenvalue weighted by atomic mass is 32.1. The van der Waals surface area contributed by atoms with Crippen molar-refractivity contribution in [1.29, 1.82) is 0 Å². The van der Waals surface area contributed by atoms with Gasteiger partial charge in [-0.25, -0.2) is 9.97 Å². The van der Waals surface area contributed by atoms with Gasteiger partial charge in [-0.05, 0) is 49.9 Å². The molecule has 1 saturated heterocycles. The Morgan fingerprint density at radius 1 is 1.14 bits per heavy atom. The Morgan fingerprint density at radius 2 is 1.94 bits per heavy atom. The molecule has 1 fully saturated rings. The molecule has 1 amide bonds. The molecule has 5 aromatic rings. The molecule has 7 nitrogen and oxygen atoms in total. The Morgan fingerprint density at radius 3 is 2.78 bits per heavy atom. The second kappa shape index (κ2) is 9.02. The predicted octanol–water partition coefficient (Wildman–Crippen LogP) is 5.37. The van der Waals surface area contributed by atoms with E-state index in [0.29, 0.717) is 18.5 Å². The van der Waals surface area contributed by atoms with Gasteiger partial charge < -0.3 is 9.88 Å². The van der Waals surface area contributed by atoms with Gasteiger partial charge in [-0.15, -0.1) is 11.3 Å². The molecule has 0 aliphatic carbocycles. The van der Waals surface area contributed by atoms with Crippen molar-refractivity contribution in [1.82, 2.24) is 24.4 Å². The number of amides is 1. The molecular formula is C28H27N5O2S. The number of aromatic amines is 1. The maximum Gasteiger partial charge on any atom is 0.262 e. The third-order valence-corrected chi connectivity index (χ3v) is 7.92. The monoisotopic (exact) mass is 497 g/mol. The maximum atomic E-state index is 13.4. The number of fused-ring (bicyclic) bond motifs is 2. The van der Waals surface area contributed by atoms with Crippen LogP contribution in [0.15, 0.2) is 59.0 Å². The molecule has 6 rings (SSSR count). The molecule has 182 valence electrons. The van der Waals surface area contributed by atoms with Crippen LogP contribution in [0.25, 0.3) is 32.4 Å². The van der Waals surface area contributed by atoms with Crippen molar-refractivity contribution in [2.45, 2.75) is 45.7 Å². The standard InChI is InChI=1S/C28H27N5O2S/c1-17-5-8-19(9-6-17)20-15-36-27-25(20)28(35)32(16-29-27)13-11-24(34)33-12-3-4-23(33)26-30-21-10-7-18(2)14-22(21)31-26/h5-10,14-16,23H,3-4,11-13H2,1-2H3,(H,30,31). The van der Waals surface area contributed by atoms with Crippen LogP contribution in [-0.4, -0.2) is 36.9 Å². The minimum absolute atomic E-state index is 0.0326. The summed E-state index contributed by atoms with van der Waals surface area (Å²) in [6.45, 7) is 5.10. The van der Waals surface area contributed by atoms with E-state index in [-0.39, 0.29) is 23.9 Å². The van der Waals surface area contributed by atoms with Gasteiger partial charge in [-0.1, -0.05) is 35.9 Å². The second-order valence-corrected chi connectivity index (χ2v) is 10.4. The van der Waals surface area contributed by atoms with Crippen molar-refractivity contribution in [3.05, 3.63) is 81.5 Å². The number of aryl methyl sites for hydroxylation is 3. The van der Waals surface area contributed by atoms with Gasteiger partial charge in [-0.2, -0.15) is 0 Å². The highest BCUT2D eigenvalue weighted by molar-refractivity contribution is 7.17. The summed E-state index contributed by atoms with van der Waals surface area (Å²) in [5.74, 6) is 0.868. The number of benzene rings is 2. The summed E-state index contributed by atoms with van der Waals surface area (Å²) in [5, 5.41) is 2.61. The molecule has 1 atom stereocenters. The fourth-order valence-electron chi connectivity index (χ4n) is 5.08. The van der Waals surface area contributed by atoms with Gasteiger partial charge in [0.1, 0.15) is 10.7 Å². The van der Waals surface area contributed by atoms with E-state index in [1.807, 2.05) is 53.6 Å². The molecular weight excluding hydrogens is 470 g/mol. The van der Waals surface area contributed by atoms with E-state index in [9.17, 15) is 9.59 Å². The lowest BCUT2D eigenvalue weighted by atomic mass is 10.1. The molecule has 1 aliphatic rings. The molecule has 36 heavy (non-hydrogen) atoms. The Labute approximate surface area is 212 Å². The third kappa shape index (κ3) is 4.01. The molecule has 0 bridgehead atoms. The SMILES string of the molecule is Cc1ccc(-c2csc3ncn(CCC(=O)N4CCCC4c4nc5ccc(C)cc5[nH]4)c(=O)c23)cc1. The molecule has 0 saturated carbocycles. The van der Waals surface area contributed by atoms with Crippen LogP contribution in [-0.2, 0) is 11.3 Å². The lowest BCUT2D eigenvalue weighted by Crippen LogP contribution is -2.32. The lowest BCUT2D eigenvalue weighted by Gasteiger charge is -2.23. The van der Waals surface area contributed by atoms with Gasteiger partial charge >= 0.3 is 0 Å². The summed E-state index contributed by atoms with van der Waals surface area (Å²) in [6.07, 6.45) is 3.63. The molecule has 0 radical (unpaired) electrons. The van der Waals surface area contributed by atoms with Crippen LogP contribution in [0.3, 0.4) is 0 Å². The number of aromatic nitrogens is 4. The number of hydrogen-bond donors (Lipinski definition) is 1. The number of carbonyl (C=O) groups excluding carboxylic acids is 1. The zero-order valence-electron chi connectivity index (χ0n) is 20.3. The van der Waals surface area contributed by atoms with Crippen LogP contribution < -0.4 is 5.56 Å². The average Bonchev–Trinajstić information content (AvgIpc) is 3.61. The summed E-state index contributed by atoms with van der Waals surface area (Å²) in [6, 6.07) is 14.2. The third-order valence-electron chi connectivity index (χ3n) is 7.03. The lowest BCUT2D eigenvalue weighted by molar-refractivity contribution is -0.132. The summed E-state index contributed by atoms with van der Waals surface area (Å²) < 4.78 is 1.57. The van der Waals surface area contributed by atoms with E-state index in [4.69, 9.17) is 4.98 Å². The number of rotatable bonds is 5. The van der Waals surface area contributed by atoms with Gasteiger partial charge in [0.25, 0.3) is 5.56 Å². The first-order valence-electron chi connectivity index (χ1n) is 12.3. The summed E-state index contributed by atoms with van der Waals surface area (Å²) in [4.78, 5) is 42.0. The van der Waals surface area contributed by atoms with Gasteiger partial charge in [0, 0.05) is 30.5 Å². The predicted molar refractivity (Wildman–Crippen MR) is 143 cm³/mol. The highest BCUT2D eigenvalue weighted by Crippen LogP contribution is 2.33. The van der Waals surface area contributed by atoms with Crippen LogP contribution in [0, 0.1) is 13.8 Å². The molecule has 1 N–H and O–H groups in total. The zero-order chi connectivity index (χ0) is 24.8. The number of thiophene rings is 1. The highest BCUT2D eigenvalue weighted by Gasteiger charge is 2.32. The molecule has 0 spiro atoms. The summed E-state index contributed by atoms with van der Waals surface area (Å²) >= 11 is 1.47. The van der Waals surface area contributed by atoms with Gasteiger partial charge in [-0.3, -0.25) is 14.2 Å². The molecule has 2 aromatic carbocycles. The van der Waals surface area contributed by atoms with E-state index in [1.54, 1.807) is 10.9 Å². The van der Waals surface area contributed by atoms with E-state index >= 15 is 0 Å². The van der Waals surface area contributed by atoms with Crippen molar-refractivity contribution in [2.24, 2.45) is 0 Å². The fraction of sp³-hybridized carbons (Fsp3) is 0.286. The molecule has 1 aliphatic heterocycles. The summed E-state index contributed by atoms with van der Waals surface area (Å²) in [7, 11) is 0. The van der Waals surface area contributed by atoms with E-state index in [1.165, 1.54) is 22.5 Å². The van der Waals surface area contributed by atoms with Crippen LogP contribution >= 0.6 is 11.3 Å². The molecule has 1 unspecified atom stereocenters. The van der Waals surface area contributed by atoms with Crippen molar-refractivity contribution in [3.8, 4) is 11.1 Å². The molecule has 8 heteroatoms. The van der Waals surface area contributed by atoms with E-state index < -0.39 is 0 Å². The molecule has 3 aromatic heterocycles. The van der Waals surface area contributed by atoms with Crippen molar-refractivity contribution < 1.29 is 4.79 Å². The quantitative estimate of drug-likeness (QED) is 0.354. The second-order valence-electron chi connectivity index (χ2n) is 9.58. The minimum atomic E-state index is -0.102. The van der Waals surface area contributed by atoms with Crippen LogP contribution in [0.1, 0.15) is 42.3 Å². The largest absolute Gasteiger partial charge is 0.340 e. The summed E-state index contributed by atoms with van der Waals surface area (Å²) in [5.41, 5.74) is 6.05. The Balaban J connectivity index is 1.22. The first-order valence-corrected chi connectivity index (χ1v) is 13.2. The normalized spacial score (nSPS) is 15.8. The number of likely N-dealkylation sites (tertiary alicyclic amines) is 1. The van der Waals surface area contributed by atoms with Crippen LogP contribution in [0.4, 0.5) is 0 Å². The number of carbonyl (C=O) groups is 1. The van der Waals surface area contributed by atoms with Crippen LogP contribution in [0.2, 0.25) is 0 Å². The first-order chi connectivity index (χ1) is 17.5. The smallest absolute Gasteiger partial charge is 0.262 e. The average molecular weight is 498 g/mol. The zero-order valence-corrected chi connectivity index (χ0v) is 21.1. The number of hydrogen-bond acceptors (Lipinski definition) is 5. The first kappa shape index (κ1) is 22.7. The Bertz CT molecular complexity index is 1650. The minimum Gasteiger partial charge on any atom is -0.340 e. The maximum absolute atomic E-state index is 13.4. The Hall–Kier alpha value is -3.78. The van der Waals surface area contributed by atoms with Crippen molar-refractivity contribution >= 4 is 38.5 Å². The van der Waals surface area contributed by atoms with E-state index in [2.05, 4.69) is 23.0 Å². The molecule has 4 heterocycles. The number of imidazole rings is 1.